The van der Waals surface area contributed by atoms with Crippen LogP contribution in [0.2, 0.25) is 0 Å². The fourth-order valence-electron chi connectivity index (χ4n) is 1.94. The highest BCUT2D eigenvalue weighted by molar-refractivity contribution is 7.91. The predicted molar refractivity (Wildman–Crippen MR) is 76.3 cm³/mol. The van der Waals surface area contributed by atoms with Crippen molar-refractivity contribution in [2.75, 3.05) is 6.79 Å². The summed E-state index contributed by atoms with van der Waals surface area (Å²) in [6.07, 6.45) is 0. The Labute approximate surface area is 124 Å². The lowest BCUT2D eigenvalue weighted by Gasteiger charge is -2.06. The molecule has 0 aliphatic carbocycles. The van der Waals surface area contributed by atoms with Crippen molar-refractivity contribution >= 4 is 21.4 Å². The van der Waals surface area contributed by atoms with E-state index in [1.807, 2.05) is 0 Å². The lowest BCUT2D eigenvalue weighted by molar-refractivity contribution is 0.174. The summed E-state index contributed by atoms with van der Waals surface area (Å²) >= 11 is 0.670. The van der Waals surface area contributed by atoms with Crippen LogP contribution in [0.25, 0.3) is 0 Å². The minimum Gasteiger partial charge on any atom is -0.454 e. The van der Waals surface area contributed by atoms with E-state index in [4.69, 9.17) is 9.47 Å². The first-order chi connectivity index (χ1) is 9.95. The summed E-state index contributed by atoms with van der Waals surface area (Å²) in [7, 11) is -3.72. The predicted octanol–water partition coefficient (Wildman–Crippen LogP) is 0.952. The molecule has 1 aliphatic rings. The maximum absolute atomic E-state index is 12.2. The number of H-pyrrole nitrogens is 1. The molecule has 2 heterocycles. The Kier molecular flexibility index (Phi) is 3.47. The zero-order valence-corrected chi connectivity index (χ0v) is 12.6. The van der Waals surface area contributed by atoms with E-state index in [1.165, 1.54) is 0 Å². The van der Waals surface area contributed by atoms with Gasteiger partial charge in [-0.05, 0) is 24.6 Å². The van der Waals surface area contributed by atoms with Gasteiger partial charge < -0.3 is 14.5 Å². The normalized spacial score (nSPS) is 13.6. The standard InChI is InChI=1S/C12H12N2O5S2/c1-7-11(20-12(15)14-7)21(16,17)13-5-8-2-3-9-10(4-8)19-6-18-9/h2-4,13H,5-6H2,1H3,(H,14,15). The number of sulfonamides is 1. The number of aryl methyl sites for hydroxylation is 1. The molecule has 112 valence electrons. The summed E-state index contributed by atoms with van der Waals surface area (Å²) in [4.78, 5) is 13.3. The van der Waals surface area contributed by atoms with Gasteiger partial charge in [0.1, 0.15) is 0 Å². The van der Waals surface area contributed by atoms with E-state index in [2.05, 4.69) is 9.71 Å². The highest BCUT2D eigenvalue weighted by Crippen LogP contribution is 2.32. The first-order valence-electron chi connectivity index (χ1n) is 6.03. The second-order valence-corrected chi connectivity index (χ2v) is 7.38. The van der Waals surface area contributed by atoms with Crippen molar-refractivity contribution in [3.05, 3.63) is 39.1 Å². The van der Waals surface area contributed by atoms with E-state index < -0.39 is 14.9 Å². The Balaban J connectivity index is 1.78. The fraction of sp³-hybridized carbons (Fsp3) is 0.250. The molecule has 0 spiro atoms. The van der Waals surface area contributed by atoms with Gasteiger partial charge in [0.05, 0.1) is 0 Å². The number of thiazole rings is 1. The molecule has 21 heavy (non-hydrogen) atoms. The van der Waals surface area contributed by atoms with Gasteiger partial charge in [0, 0.05) is 12.2 Å². The summed E-state index contributed by atoms with van der Waals surface area (Å²) < 4.78 is 37.2. The number of fused-ring (bicyclic) bond motifs is 1. The van der Waals surface area contributed by atoms with E-state index in [9.17, 15) is 13.2 Å². The molecule has 0 radical (unpaired) electrons. The van der Waals surface area contributed by atoms with E-state index in [1.54, 1.807) is 25.1 Å². The van der Waals surface area contributed by atoms with Gasteiger partial charge in [-0.1, -0.05) is 17.4 Å². The van der Waals surface area contributed by atoms with Crippen LogP contribution >= 0.6 is 11.3 Å². The number of benzene rings is 1. The lowest BCUT2D eigenvalue weighted by atomic mass is 10.2. The molecule has 0 fully saturated rings. The second-order valence-electron chi connectivity index (χ2n) is 4.44. The molecule has 0 bridgehead atoms. The molecule has 3 rings (SSSR count). The van der Waals surface area contributed by atoms with Crippen LogP contribution in [-0.2, 0) is 16.6 Å². The molecule has 0 saturated carbocycles. The zero-order chi connectivity index (χ0) is 15.0. The van der Waals surface area contributed by atoms with Crippen LogP contribution in [0.3, 0.4) is 0 Å². The quantitative estimate of drug-likeness (QED) is 0.871. The van der Waals surface area contributed by atoms with Crippen molar-refractivity contribution in [1.82, 2.24) is 9.71 Å². The molecule has 1 aliphatic heterocycles. The van der Waals surface area contributed by atoms with Gasteiger partial charge in [0.15, 0.2) is 15.7 Å². The molecule has 1 aromatic heterocycles. The molecule has 9 heteroatoms. The molecule has 0 unspecified atom stereocenters. The average molecular weight is 328 g/mol. The van der Waals surface area contributed by atoms with E-state index >= 15 is 0 Å². The Morgan fingerprint density at radius 3 is 2.81 bits per heavy atom. The molecular formula is C12H12N2O5S2. The fourth-order valence-corrected chi connectivity index (χ4v) is 4.30. The van der Waals surface area contributed by atoms with Crippen molar-refractivity contribution in [3.63, 3.8) is 0 Å². The minimum atomic E-state index is -3.72. The van der Waals surface area contributed by atoms with Crippen molar-refractivity contribution in [1.29, 1.82) is 0 Å². The third kappa shape index (κ3) is 2.80. The number of hydrogen-bond donors (Lipinski definition) is 2. The van der Waals surface area contributed by atoms with Crippen molar-refractivity contribution in [3.8, 4) is 11.5 Å². The Hall–Kier alpha value is -1.84. The van der Waals surface area contributed by atoms with Gasteiger partial charge in [0.2, 0.25) is 6.79 Å². The van der Waals surface area contributed by atoms with Gasteiger partial charge in [-0.3, -0.25) is 4.79 Å². The van der Waals surface area contributed by atoms with Gasteiger partial charge in [-0.2, -0.15) is 0 Å². The van der Waals surface area contributed by atoms with Crippen molar-refractivity contribution in [2.45, 2.75) is 17.7 Å². The number of aromatic nitrogens is 1. The first-order valence-corrected chi connectivity index (χ1v) is 8.33. The average Bonchev–Trinajstić information content (AvgIpc) is 3.02. The molecule has 1 aromatic carbocycles. The van der Waals surface area contributed by atoms with Crippen molar-refractivity contribution in [2.24, 2.45) is 0 Å². The first kappa shape index (κ1) is 14.1. The number of aromatic amines is 1. The largest absolute Gasteiger partial charge is 0.454 e. The number of ether oxygens (including phenoxy) is 2. The van der Waals surface area contributed by atoms with Crippen LogP contribution < -0.4 is 19.1 Å². The van der Waals surface area contributed by atoms with Crippen LogP contribution in [-0.4, -0.2) is 20.2 Å². The maximum Gasteiger partial charge on any atom is 0.305 e. The second kappa shape index (κ2) is 5.17. The summed E-state index contributed by atoms with van der Waals surface area (Å²) in [6, 6.07) is 5.20. The monoisotopic (exact) mass is 328 g/mol. The van der Waals surface area contributed by atoms with Gasteiger partial charge in [-0.25, -0.2) is 13.1 Å². The van der Waals surface area contributed by atoms with Crippen LogP contribution in [0, 0.1) is 6.92 Å². The molecule has 7 nitrogen and oxygen atoms in total. The summed E-state index contributed by atoms with van der Waals surface area (Å²) in [5.41, 5.74) is 1.08. The van der Waals surface area contributed by atoms with Crippen LogP contribution in [0.4, 0.5) is 0 Å². The van der Waals surface area contributed by atoms with Gasteiger partial charge >= 0.3 is 4.87 Å². The lowest BCUT2D eigenvalue weighted by Crippen LogP contribution is -2.23. The van der Waals surface area contributed by atoms with Crippen LogP contribution in [0.1, 0.15) is 11.3 Å². The maximum atomic E-state index is 12.2. The molecule has 0 amide bonds. The van der Waals surface area contributed by atoms with E-state index in [0.717, 1.165) is 5.56 Å². The Bertz CT molecular complexity index is 838. The minimum absolute atomic E-state index is 0.00763. The topological polar surface area (TPSA) is 97.5 Å². The Morgan fingerprint density at radius 1 is 1.33 bits per heavy atom. The van der Waals surface area contributed by atoms with Gasteiger partial charge in [-0.15, -0.1) is 0 Å². The third-order valence-corrected chi connectivity index (χ3v) is 5.93. The highest BCUT2D eigenvalue weighted by Gasteiger charge is 2.21. The molecule has 0 atom stereocenters. The summed E-state index contributed by atoms with van der Waals surface area (Å²) in [5, 5.41) is 0. The number of hydrogen-bond acceptors (Lipinski definition) is 6. The van der Waals surface area contributed by atoms with E-state index in [-0.39, 0.29) is 17.5 Å². The van der Waals surface area contributed by atoms with Crippen LogP contribution in [0.5, 0.6) is 11.5 Å². The summed E-state index contributed by atoms with van der Waals surface area (Å²) in [5.74, 6) is 1.23. The summed E-state index contributed by atoms with van der Waals surface area (Å²) in [6.45, 7) is 1.82. The van der Waals surface area contributed by atoms with Gasteiger partial charge in [0.25, 0.3) is 10.0 Å². The Morgan fingerprint density at radius 2 is 2.10 bits per heavy atom. The SMILES string of the molecule is Cc1[nH]c(=O)sc1S(=O)(=O)NCc1ccc2c(c1)OCO2. The van der Waals surface area contributed by atoms with Crippen LogP contribution in [0.15, 0.2) is 27.2 Å². The highest BCUT2D eigenvalue weighted by atomic mass is 32.2. The molecule has 0 saturated heterocycles. The smallest absolute Gasteiger partial charge is 0.305 e. The zero-order valence-electron chi connectivity index (χ0n) is 11.0. The molecule has 2 N–H and O–H groups in total. The van der Waals surface area contributed by atoms with Crippen molar-refractivity contribution < 1.29 is 17.9 Å². The number of nitrogens with one attached hydrogen (secondary N) is 2. The number of rotatable bonds is 4. The molecular weight excluding hydrogens is 316 g/mol. The third-order valence-electron chi connectivity index (χ3n) is 2.93. The molecule has 2 aromatic rings. The van der Waals surface area contributed by atoms with E-state index in [0.29, 0.717) is 28.5 Å².